The van der Waals surface area contributed by atoms with Crippen LogP contribution in [0.3, 0.4) is 0 Å². The van der Waals surface area contributed by atoms with E-state index in [-0.39, 0.29) is 12.4 Å². The number of benzene rings is 2. The van der Waals surface area contributed by atoms with Gasteiger partial charge in [-0.2, -0.15) is 0 Å². The van der Waals surface area contributed by atoms with E-state index in [1.807, 2.05) is 18.2 Å². The maximum Gasteiger partial charge on any atom is 0.331 e. The first-order chi connectivity index (χ1) is 11.5. The minimum absolute atomic E-state index is 0.104. The first-order valence-corrected chi connectivity index (χ1v) is 7.69. The van der Waals surface area contributed by atoms with Crippen molar-refractivity contribution in [2.75, 3.05) is 21.0 Å². The summed E-state index contributed by atoms with van der Waals surface area (Å²) in [6, 6.07) is 7.73. The third-order valence-corrected chi connectivity index (χ3v) is 3.83. The zero-order chi connectivity index (χ0) is 17.7. The van der Waals surface area contributed by atoms with Crippen molar-refractivity contribution in [2.45, 2.75) is 20.3 Å². The van der Waals surface area contributed by atoms with E-state index >= 15 is 0 Å². The Morgan fingerprint density at radius 2 is 2.04 bits per heavy atom. The second-order valence-electron chi connectivity index (χ2n) is 5.37. The molecule has 1 N–H and O–H groups in total. The smallest absolute Gasteiger partial charge is 0.331 e. The molecule has 0 fully saturated rings. The Hall–Kier alpha value is -2.53. The highest BCUT2D eigenvalue weighted by atomic mass is 16.7. The Labute approximate surface area is 141 Å². The van der Waals surface area contributed by atoms with Crippen LogP contribution in [0.4, 0.5) is 0 Å². The van der Waals surface area contributed by atoms with Gasteiger partial charge in [-0.05, 0) is 42.0 Å². The summed E-state index contributed by atoms with van der Waals surface area (Å²) in [7, 11) is 3.12. The zero-order valence-electron chi connectivity index (χ0n) is 14.4. The fraction of sp³-hybridized carbons (Fsp3) is 0.316. The van der Waals surface area contributed by atoms with Crippen LogP contribution in [0.15, 0.2) is 29.8 Å². The number of hydrogen-bond donors (Lipinski definition) is 1. The number of aliphatic carboxylic acids is 1. The highest BCUT2D eigenvalue weighted by Gasteiger charge is 2.16. The Bertz CT molecular complexity index is 777. The largest absolute Gasteiger partial charge is 0.493 e. The Morgan fingerprint density at radius 3 is 2.62 bits per heavy atom. The quantitative estimate of drug-likeness (QED) is 0.616. The van der Waals surface area contributed by atoms with Gasteiger partial charge in [-0.3, -0.25) is 0 Å². The molecule has 0 aromatic heterocycles. The Morgan fingerprint density at radius 1 is 1.29 bits per heavy atom. The summed E-state index contributed by atoms with van der Waals surface area (Å²) < 4.78 is 16.3. The maximum atomic E-state index is 11.2. The highest BCUT2D eigenvalue weighted by Crippen LogP contribution is 2.41. The molecular formula is C19H22O5. The van der Waals surface area contributed by atoms with Crippen LogP contribution in [0.25, 0.3) is 16.8 Å². The van der Waals surface area contributed by atoms with Crippen LogP contribution in [-0.4, -0.2) is 32.1 Å². The number of ether oxygens (including phenoxy) is 3. The standard InChI is InChI=1S/C19H22O5/c1-5-13-7-6-8-15-14(9-12(2)19(20)21)10-16(23-4)18(17(13)15)24-11-22-3/h6-10H,5,11H2,1-4H3,(H,20,21). The summed E-state index contributed by atoms with van der Waals surface area (Å²) in [4.78, 5) is 11.2. The zero-order valence-corrected chi connectivity index (χ0v) is 14.4. The summed E-state index contributed by atoms with van der Waals surface area (Å²) in [5, 5.41) is 11.0. The van der Waals surface area contributed by atoms with E-state index in [9.17, 15) is 9.90 Å². The summed E-state index contributed by atoms with van der Waals surface area (Å²) in [5.74, 6) is 0.204. The van der Waals surface area contributed by atoms with Crippen LogP contribution >= 0.6 is 0 Å². The number of carbonyl (C=O) groups is 1. The van der Waals surface area contributed by atoms with Crippen molar-refractivity contribution in [3.05, 3.63) is 41.0 Å². The van der Waals surface area contributed by atoms with Crippen LogP contribution in [0, 0.1) is 0 Å². The molecule has 5 nitrogen and oxygen atoms in total. The third-order valence-electron chi connectivity index (χ3n) is 3.83. The molecule has 0 unspecified atom stereocenters. The molecule has 0 aliphatic rings. The van der Waals surface area contributed by atoms with Crippen LogP contribution in [-0.2, 0) is 16.0 Å². The molecule has 0 saturated heterocycles. The monoisotopic (exact) mass is 330 g/mol. The summed E-state index contributed by atoms with van der Waals surface area (Å²) in [6.45, 7) is 3.73. The van der Waals surface area contributed by atoms with Crippen molar-refractivity contribution in [2.24, 2.45) is 0 Å². The lowest BCUT2D eigenvalue weighted by Crippen LogP contribution is -2.03. The minimum Gasteiger partial charge on any atom is -0.493 e. The number of rotatable bonds is 7. The Kier molecular flexibility index (Phi) is 5.82. The molecule has 0 atom stereocenters. The molecule has 0 amide bonds. The average Bonchev–Trinajstić information content (AvgIpc) is 2.59. The SMILES string of the molecule is CCc1cccc2c(C=C(C)C(=O)O)cc(OC)c(OCOC)c12. The normalized spacial score (nSPS) is 11.6. The van der Waals surface area contributed by atoms with E-state index in [0.29, 0.717) is 11.5 Å². The van der Waals surface area contributed by atoms with Crippen molar-refractivity contribution in [1.82, 2.24) is 0 Å². The van der Waals surface area contributed by atoms with Gasteiger partial charge in [-0.1, -0.05) is 25.1 Å². The summed E-state index contributed by atoms with van der Waals surface area (Å²) >= 11 is 0. The van der Waals surface area contributed by atoms with E-state index in [2.05, 4.69) is 6.92 Å². The van der Waals surface area contributed by atoms with Crippen LogP contribution in [0.1, 0.15) is 25.0 Å². The van der Waals surface area contributed by atoms with Gasteiger partial charge < -0.3 is 19.3 Å². The van der Waals surface area contributed by atoms with E-state index in [0.717, 1.165) is 28.3 Å². The maximum absolute atomic E-state index is 11.2. The minimum atomic E-state index is -0.950. The van der Waals surface area contributed by atoms with Gasteiger partial charge in [-0.25, -0.2) is 4.79 Å². The predicted octanol–water partition coefficient (Wildman–Crippen LogP) is 3.88. The molecular weight excluding hydrogens is 308 g/mol. The molecule has 0 heterocycles. The molecule has 2 rings (SSSR count). The van der Waals surface area contributed by atoms with E-state index < -0.39 is 5.97 Å². The lowest BCUT2D eigenvalue weighted by molar-refractivity contribution is -0.132. The molecule has 5 heteroatoms. The van der Waals surface area contributed by atoms with Crippen molar-refractivity contribution >= 4 is 22.8 Å². The fourth-order valence-electron chi connectivity index (χ4n) is 2.64. The van der Waals surface area contributed by atoms with Gasteiger partial charge in [0.1, 0.15) is 0 Å². The fourth-order valence-corrected chi connectivity index (χ4v) is 2.64. The molecule has 0 aliphatic carbocycles. The third kappa shape index (κ3) is 3.51. The topological polar surface area (TPSA) is 65.0 Å². The lowest BCUT2D eigenvalue weighted by atomic mass is 9.96. The molecule has 2 aromatic rings. The summed E-state index contributed by atoms with van der Waals surface area (Å²) in [5.41, 5.74) is 2.13. The van der Waals surface area contributed by atoms with Gasteiger partial charge in [0.15, 0.2) is 18.3 Å². The molecule has 24 heavy (non-hydrogen) atoms. The van der Waals surface area contributed by atoms with Gasteiger partial charge >= 0.3 is 5.97 Å². The molecule has 0 radical (unpaired) electrons. The number of hydrogen-bond acceptors (Lipinski definition) is 4. The van der Waals surface area contributed by atoms with Crippen LogP contribution in [0.5, 0.6) is 11.5 Å². The molecule has 0 spiro atoms. The van der Waals surface area contributed by atoms with Crippen LogP contribution in [0.2, 0.25) is 0 Å². The van der Waals surface area contributed by atoms with Crippen molar-refractivity contribution in [3.8, 4) is 11.5 Å². The predicted molar refractivity (Wildman–Crippen MR) is 93.7 cm³/mol. The first kappa shape index (κ1) is 17.8. The second-order valence-corrected chi connectivity index (χ2v) is 5.37. The van der Waals surface area contributed by atoms with Gasteiger partial charge in [0.2, 0.25) is 0 Å². The highest BCUT2D eigenvalue weighted by molar-refractivity contribution is 6.02. The van der Waals surface area contributed by atoms with Crippen LogP contribution < -0.4 is 9.47 Å². The molecule has 0 aliphatic heterocycles. The molecule has 128 valence electrons. The van der Waals surface area contributed by atoms with Crippen molar-refractivity contribution in [1.29, 1.82) is 0 Å². The summed E-state index contributed by atoms with van der Waals surface area (Å²) in [6.07, 6.45) is 2.46. The number of methoxy groups -OCH3 is 2. The van der Waals surface area contributed by atoms with Gasteiger partial charge in [0.25, 0.3) is 0 Å². The van der Waals surface area contributed by atoms with Gasteiger partial charge in [0, 0.05) is 18.1 Å². The molecule has 0 saturated carbocycles. The Balaban J connectivity index is 2.82. The number of carboxylic acids is 1. The number of fused-ring (bicyclic) bond motifs is 1. The van der Waals surface area contributed by atoms with Gasteiger partial charge in [-0.15, -0.1) is 0 Å². The average molecular weight is 330 g/mol. The second kappa shape index (κ2) is 7.84. The number of aryl methyl sites for hydroxylation is 1. The molecule has 0 bridgehead atoms. The van der Waals surface area contributed by atoms with Crippen molar-refractivity contribution < 1.29 is 24.1 Å². The van der Waals surface area contributed by atoms with E-state index in [1.165, 1.54) is 0 Å². The van der Waals surface area contributed by atoms with Crippen molar-refractivity contribution in [3.63, 3.8) is 0 Å². The van der Waals surface area contributed by atoms with E-state index in [1.54, 1.807) is 33.3 Å². The van der Waals surface area contributed by atoms with E-state index in [4.69, 9.17) is 14.2 Å². The first-order valence-electron chi connectivity index (χ1n) is 7.69. The molecule has 2 aromatic carbocycles. The number of carboxylic acid groups (broad SMARTS) is 1. The lowest BCUT2D eigenvalue weighted by Gasteiger charge is -2.17. The van der Waals surface area contributed by atoms with Gasteiger partial charge in [0.05, 0.1) is 7.11 Å².